The van der Waals surface area contributed by atoms with Crippen LogP contribution in [0.3, 0.4) is 0 Å². The Hall–Kier alpha value is -2.56. The number of ether oxygens (including phenoxy) is 1. The Labute approximate surface area is 136 Å². The van der Waals surface area contributed by atoms with Crippen molar-refractivity contribution >= 4 is 11.6 Å². The van der Waals surface area contributed by atoms with E-state index in [4.69, 9.17) is 10.5 Å². The molecule has 120 valence electrons. The lowest BCUT2D eigenvalue weighted by Gasteiger charge is -2.08. The lowest BCUT2D eigenvalue weighted by molar-refractivity contribution is 0.392. The van der Waals surface area contributed by atoms with Crippen molar-refractivity contribution in [2.45, 2.75) is 25.7 Å². The second kappa shape index (κ2) is 7.13. The first-order valence-electron chi connectivity index (χ1n) is 7.93. The summed E-state index contributed by atoms with van der Waals surface area (Å²) in [6.07, 6.45) is 6.04. The highest BCUT2D eigenvalue weighted by atomic mass is 16.5. The van der Waals surface area contributed by atoms with Gasteiger partial charge in [-0.3, -0.25) is 4.99 Å². The van der Waals surface area contributed by atoms with Gasteiger partial charge in [0.25, 0.3) is 0 Å². The van der Waals surface area contributed by atoms with E-state index in [2.05, 4.69) is 33.5 Å². The van der Waals surface area contributed by atoms with E-state index < -0.39 is 0 Å². The number of methoxy groups -OCH3 is 1. The van der Waals surface area contributed by atoms with Gasteiger partial charge in [-0.2, -0.15) is 0 Å². The minimum absolute atomic E-state index is 0.436. The van der Waals surface area contributed by atoms with Gasteiger partial charge in [0, 0.05) is 24.0 Å². The second-order valence-electron chi connectivity index (χ2n) is 5.65. The molecule has 5 nitrogen and oxygen atoms in total. The summed E-state index contributed by atoms with van der Waals surface area (Å²) in [5.74, 6) is 1.08. The zero-order valence-corrected chi connectivity index (χ0v) is 13.4. The van der Waals surface area contributed by atoms with Crippen LogP contribution in [0.1, 0.15) is 23.1 Å². The van der Waals surface area contributed by atoms with E-state index >= 15 is 0 Å². The smallest absolute Gasteiger partial charge is 0.216 e. The number of nitrogens with one attached hydrogen (secondary N) is 1. The van der Waals surface area contributed by atoms with Crippen molar-refractivity contribution in [3.05, 3.63) is 53.2 Å². The summed E-state index contributed by atoms with van der Waals surface area (Å²) in [4.78, 5) is 8.56. The van der Waals surface area contributed by atoms with Crippen LogP contribution in [0.15, 0.2) is 41.5 Å². The fourth-order valence-corrected chi connectivity index (χ4v) is 2.93. The van der Waals surface area contributed by atoms with Crippen molar-refractivity contribution in [2.24, 2.45) is 10.7 Å². The maximum atomic E-state index is 5.98. The number of nitrogens with zero attached hydrogens (tertiary/aromatic N) is 2. The molecule has 2 aromatic rings. The Morgan fingerprint density at radius 1 is 1.30 bits per heavy atom. The molecule has 1 aliphatic carbocycles. The zero-order chi connectivity index (χ0) is 16.1. The lowest BCUT2D eigenvalue weighted by atomic mass is 10.1. The van der Waals surface area contributed by atoms with Crippen molar-refractivity contribution in [3.8, 4) is 5.88 Å². The van der Waals surface area contributed by atoms with Gasteiger partial charge in [-0.1, -0.05) is 12.1 Å². The third-order valence-corrected chi connectivity index (χ3v) is 4.08. The average molecular weight is 310 g/mol. The molecule has 1 aromatic heterocycles. The Balaban J connectivity index is 1.58. The quantitative estimate of drug-likeness (QED) is 0.657. The first-order chi connectivity index (χ1) is 11.3. The van der Waals surface area contributed by atoms with Gasteiger partial charge in [0.05, 0.1) is 7.11 Å². The molecule has 0 amide bonds. The second-order valence-corrected chi connectivity index (χ2v) is 5.65. The number of aryl methyl sites for hydroxylation is 2. The normalized spacial score (nSPS) is 13.7. The predicted octanol–water partition coefficient (Wildman–Crippen LogP) is 2.55. The number of pyridine rings is 1. The Bertz CT molecular complexity index is 712. The number of hydrogen-bond donors (Lipinski definition) is 2. The minimum Gasteiger partial charge on any atom is -0.481 e. The van der Waals surface area contributed by atoms with Gasteiger partial charge in [0.2, 0.25) is 5.88 Å². The topological polar surface area (TPSA) is 72.5 Å². The molecular weight excluding hydrogens is 288 g/mol. The van der Waals surface area contributed by atoms with Crippen LogP contribution in [-0.2, 0) is 19.3 Å². The first-order valence-corrected chi connectivity index (χ1v) is 7.93. The van der Waals surface area contributed by atoms with Crippen LogP contribution in [0.4, 0.5) is 5.69 Å². The molecule has 0 bridgehead atoms. The highest BCUT2D eigenvalue weighted by Gasteiger charge is 2.10. The number of rotatable bonds is 5. The molecule has 0 atom stereocenters. The molecule has 0 unspecified atom stereocenters. The van der Waals surface area contributed by atoms with Gasteiger partial charge < -0.3 is 15.8 Å². The number of fused-ring (bicyclic) bond motifs is 1. The molecule has 0 saturated carbocycles. The van der Waals surface area contributed by atoms with E-state index in [0.29, 0.717) is 18.4 Å². The number of benzene rings is 1. The van der Waals surface area contributed by atoms with Crippen LogP contribution in [0.25, 0.3) is 0 Å². The van der Waals surface area contributed by atoms with E-state index in [1.165, 1.54) is 24.0 Å². The molecule has 0 radical (unpaired) electrons. The van der Waals surface area contributed by atoms with Crippen LogP contribution < -0.4 is 15.8 Å². The van der Waals surface area contributed by atoms with Crippen molar-refractivity contribution < 1.29 is 4.74 Å². The summed E-state index contributed by atoms with van der Waals surface area (Å²) in [5.41, 5.74) is 10.9. The molecule has 3 N–H and O–H groups in total. The van der Waals surface area contributed by atoms with E-state index in [1.807, 2.05) is 12.1 Å². The summed E-state index contributed by atoms with van der Waals surface area (Å²) < 4.78 is 5.23. The average Bonchev–Trinajstić information content (AvgIpc) is 3.03. The minimum atomic E-state index is 0.436. The number of nitrogens with two attached hydrogens (primary N) is 1. The molecule has 0 spiro atoms. The lowest BCUT2D eigenvalue weighted by Crippen LogP contribution is -2.23. The largest absolute Gasteiger partial charge is 0.481 e. The fraction of sp³-hybridized carbons (Fsp3) is 0.333. The molecule has 5 heteroatoms. The molecule has 23 heavy (non-hydrogen) atoms. The van der Waals surface area contributed by atoms with Crippen molar-refractivity contribution in [3.63, 3.8) is 0 Å². The van der Waals surface area contributed by atoms with Gasteiger partial charge in [-0.05, 0) is 55.0 Å². The number of aliphatic imine (C=N–C) groups is 1. The fourth-order valence-electron chi connectivity index (χ4n) is 2.93. The van der Waals surface area contributed by atoms with E-state index in [0.717, 1.165) is 24.1 Å². The summed E-state index contributed by atoms with van der Waals surface area (Å²) in [7, 11) is 1.62. The predicted molar refractivity (Wildman–Crippen MR) is 93.1 cm³/mol. The number of aromatic nitrogens is 1. The van der Waals surface area contributed by atoms with Gasteiger partial charge in [-0.15, -0.1) is 0 Å². The van der Waals surface area contributed by atoms with Crippen molar-refractivity contribution in [2.75, 3.05) is 19.0 Å². The van der Waals surface area contributed by atoms with Crippen LogP contribution in [0.2, 0.25) is 0 Å². The number of guanidine groups is 1. The molecule has 1 heterocycles. The van der Waals surface area contributed by atoms with Crippen LogP contribution in [0.5, 0.6) is 5.88 Å². The molecule has 3 rings (SSSR count). The monoisotopic (exact) mass is 310 g/mol. The van der Waals surface area contributed by atoms with E-state index in [9.17, 15) is 0 Å². The molecule has 0 saturated heterocycles. The highest BCUT2D eigenvalue weighted by molar-refractivity contribution is 5.92. The van der Waals surface area contributed by atoms with Gasteiger partial charge in [0.1, 0.15) is 0 Å². The van der Waals surface area contributed by atoms with Gasteiger partial charge in [-0.25, -0.2) is 4.98 Å². The maximum absolute atomic E-state index is 5.98. The Morgan fingerprint density at radius 2 is 2.17 bits per heavy atom. The Kier molecular flexibility index (Phi) is 4.76. The maximum Gasteiger partial charge on any atom is 0.216 e. The number of hydrogen-bond acceptors (Lipinski definition) is 3. The third-order valence-electron chi connectivity index (χ3n) is 4.08. The van der Waals surface area contributed by atoms with Gasteiger partial charge in [0.15, 0.2) is 5.96 Å². The van der Waals surface area contributed by atoms with Gasteiger partial charge >= 0.3 is 0 Å². The summed E-state index contributed by atoms with van der Waals surface area (Å²) in [6, 6.07) is 10.3. The molecule has 1 aliphatic rings. The first kappa shape index (κ1) is 15.3. The zero-order valence-electron chi connectivity index (χ0n) is 13.4. The van der Waals surface area contributed by atoms with Crippen LogP contribution >= 0.6 is 0 Å². The van der Waals surface area contributed by atoms with Crippen LogP contribution in [0, 0.1) is 0 Å². The summed E-state index contributed by atoms with van der Waals surface area (Å²) in [5, 5.41) is 3.17. The SMILES string of the molecule is COc1ncccc1CCN=C(N)Nc1ccc2c(c1)CCC2. The third kappa shape index (κ3) is 3.80. The highest BCUT2D eigenvalue weighted by Crippen LogP contribution is 2.24. The van der Waals surface area contributed by atoms with E-state index in [1.54, 1.807) is 13.3 Å². The molecule has 0 aliphatic heterocycles. The molecule has 0 fully saturated rings. The Morgan fingerprint density at radius 3 is 3.04 bits per heavy atom. The number of anilines is 1. The molecular formula is C18H22N4O. The summed E-state index contributed by atoms with van der Waals surface area (Å²) >= 11 is 0. The van der Waals surface area contributed by atoms with Crippen LogP contribution in [-0.4, -0.2) is 24.6 Å². The van der Waals surface area contributed by atoms with E-state index in [-0.39, 0.29) is 0 Å². The standard InChI is InChI=1S/C18H22N4O/c1-23-17-14(6-3-10-20-17)9-11-21-18(19)22-16-8-7-13-4-2-5-15(13)12-16/h3,6-8,10,12H,2,4-5,9,11H2,1H3,(H3,19,21,22). The van der Waals surface area contributed by atoms with Crippen molar-refractivity contribution in [1.82, 2.24) is 4.98 Å². The summed E-state index contributed by atoms with van der Waals surface area (Å²) in [6.45, 7) is 0.589. The molecule has 1 aromatic carbocycles. The van der Waals surface area contributed by atoms with Crippen molar-refractivity contribution in [1.29, 1.82) is 0 Å².